The molecule has 0 aromatic carbocycles. The van der Waals surface area contributed by atoms with Gasteiger partial charge in [0, 0.05) is 19.0 Å². The fourth-order valence-corrected chi connectivity index (χ4v) is 4.04. The van der Waals surface area contributed by atoms with Crippen LogP contribution in [0, 0.1) is 0 Å². The van der Waals surface area contributed by atoms with Crippen molar-refractivity contribution in [1.29, 1.82) is 0 Å². The molecule has 0 aliphatic carbocycles. The fraction of sp³-hybridized carbons (Fsp3) is 0.636. The number of aromatic amines is 1. The lowest BCUT2D eigenvalue weighted by atomic mass is 10.1. The number of Topliss-reactive ketones (excluding diaryl/α,β-unsaturated/α-hetero) is 1. The quantitative estimate of drug-likeness (QED) is 0.822. The largest absolute Gasteiger partial charge is 0.293 e. The third-order valence-corrected chi connectivity index (χ3v) is 5.43. The van der Waals surface area contributed by atoms with Crippen LogP contribution in [0.3, 0.4) is 0 Å². The summed E-state index contributed by atoms with van der Waals surface area (Å²) in [5.74, 6) is 0.171. The van der Waals surface area contributed by atoms with Gasteiger partial charge in [-0.1, -0.05) is 6.42 Å². The third-order valence-electron chi connectivity index (χ3n) is 3.15. The van der Waals surface area contributed by atoms with Crippen molar-refractivity contribution in [3.63, 3.8) is 0 Å². The average molecular weight is 256 g/mol. The maximum absolute atomic E-state index is 11.8. The minimum Gasteiger partial charge on any atom is -0.293 e. The van der Waals surface area contributed by atoms with Gasteiger partial charge in [0.2, 0.25) is 0 Å². The van der Waals surface area contributed by atoms with Crippen LogP contribution in [0.15, 0.2) is 6.07 Å². The van der Waals surface area contributed by atoms with Gasteiger partial charge in [-0.2, -0.15) is 5.10 Å². The van der Waals surface area contributed by atoms with E-state index in [2.05, 4.69) is 10.2 Å². The lowest BCUT2D eigenvalue weighted by molar-refractivity contribution is 0.101. The number of nitrogens with zero attached hydrogens (tertiary/aromatic N) is 1. The van der Waals surface area contributed by atoms with Crippen LogP contribution < -0.4 is 0 Å². The molecule has 2 heterocycles. The molecule has 0 radical (unpaired) electrons. The Kier molecular flexibility index (Phi) is 3.33. The zero-order valence-corrected chi connectivity index (χ0v) is 10.6. The topological polar surface area (TPSA) is 79.9 Å². The number of aromatic nitrogens is 2. The molecule has 94 valence electrons. The van der Waals surface area contributed by atoms with E-state index in [9.17, 15) is 13.2 Å². The Hall–Kier alpha value is -1.17. The van der Waals surface area contributed by atoms with E-state index in [1.807, 2.05) is 0 Å². The summed E-state index contributed by atoms with van der Waals surface area (Å²) < 4.78 is 23.7. The van der Waals surface area contributed by atoms with Gasteiger partial charge in [-0.05, 0) is 18.9 Å². The summed E-state index contributed by atoms with van der Waals surface area (Å²) in [6.07, 6.45) is 2.86. The first kappa shape index (κ1) is 12.3. The predicted molar refractivity (Wildman–Crippen MR) is 63.7 cm³/mol. The van der Waals surface area contributed by atoms with Gasteiger partial charge in [0.05, 0.1) is 11.0 Å². The fourth-order valence-electron chi connectivity index (χ4n) is 2.14. The van der Waals surface area contributed by atoms with Gasteiger partial charge >= 0.3 is 0 Å². The number of rotatable bonds is 3. The van der Waals surface area contributed by atoms with Gasteiger partial charge in [-0.3, -0.25) is 9.89 Å². The monoisotopic (exact) mass is 256 g/mol. The van der Waals surface area contributed by atoms with E-state index in [0.717, 1.165) is 18.5 Å². The number of sulfone groups is 1. The zero-order chi connectivity index (χ0) is 12.5. The minimum absolute atomic E-state index is 0.112. The Morgan fingerprint density at radius 1 is 1.53 bits per heavy atom. The highest BCUT2D eigenvalue weighted by Gasteiger charge is 2.29. The Balaban J connectivity index is 2.11. The van der Waals surface area contributed by atoms with E-state index < -0.39 is 9.84 Å². The average Bonchev–Trinajstić information content (AvgIpc) is 2.70. The SMILES string of the molecule is CC(=O)c1cc(CC2CCCCS2(=O)=O)[nH]n1. The number of ketones is 1. The third kappa shape index (κ3) is 2.74. The Morgan fingerprint density at radius 2 is 2.29 bits per heavy atom. The molecule has 1 aromatic rings. The van der Waals surface area contributed by atoms with Gasteiger partial charge < -0.3 is 0 Å². The van der Waals surface area contributed by atoms with E-state index in [4.69, 9.17) is 0 Å². The van der Waals surface area contributed by atoms with Crippen LogP contribution in [0.25, 0.3) is 0 Å². The molecule has 2 rings (SSSR count). The second kappa shape index (κ2) is 4.60. The lowest BCUT2D eigenvalue weighted by Crippen LogP contribution is -2.30. The van der Waals surface area contributed by atoms with Crippen LogP contribution in [-0.2, 0) is 16.3 Å². The minimum atomic E-state index is -2.97. The van der Waals surface area contributed by atoms with Crippen LogP contribution in [0.2, 0.25) is 0 Å². The molecule has 0 spiro atoms. The van der Waals surface area contributed by atoms with E-state index in [0.29, 0.717) is 18.5 Å². The first-order valence-corrected chi connectivity index (χ1v) is 7.47. The number of hydrogen-bond donors (Lipinski definition) is 1. The molecule has 6 heteroatoms. The molecular weight excluding hydrogens is 240 g/mol. The summed E-state index contributed by atoms with van der Waals surface area (Å²) >= 11 is 0. The maximum atomic E-state index is 11.8. The zero-order valence-electron chi connectivity index (χ0n) is 9.77. The van der Waals surface area contributed by atoms with Crippen molar-refractivity contribution in [1.82, 2.24) is 10.2 Å². The van der Waals surface area contributed by atoms with E-state index >= 15 is 0 Å². The van der Waals surface area contributed by atoms with Crippen molar-refractivity contribution in [3.8, 4) is 0 Å². The van der Waals surface area contributed by atoms with Crippen LogP contribution in [0.1, 0.15) is 42.4 Å². The standard InChI is InChI=1S/C11H16N2O3S/c1-8(14)11-7-9(12-13-11)6-10-4-2-3-5-17(10,15)16/h7,10H,2-6H2,1H3,(H,12,13). The molecule has 5 nitrogen and oxygen atoms in total. The molecule has 1 aliphatic rings. The molecule has 1 N–H and O–H groups in total. The summed E-state index contributed by atoms with van der Waals surface area (Å²) in [6, 6.07) is 1.65. The Labute approximate surface area is 101 Å². The summed E-state index contributed by atoms with van der Waals surface area (Å²) in [6.45, 7) is 1.44. The molecule has 17 heavy (non-hydrogen) atoms. The number of carbonyl (C=O) groups excluding carboxylic acids is 1. The summed E-state index contributed by atoms with van der Waals surface area (Å²) in [4.78, 5) is 11.1. The van der Waals surface area contributed by atoms with Crippen molar-refractivity contribution in [2.75, 3.05) is 5.75 Å². The lowest BCUT2D eigenvalue weighted by Gasteiger charge is -2.21. The summed E-state index contributed by atoms with van der Waals surface area (Å²) in [7, 11) is -2.97. The van der Waals surface area contributed by atoms with Gasteiger partial charge in [-0.25, -0.2) is 8.42 Å². The van der Waals surface area contributed by atoms with Crippen molar-refractivity contribution in [2.24, 2.45) is 0 Å². The molecular formula is C11H16N2O3S. The van der Waals surface area contributed by atoms with Crippen molar-refractivity contribution >= 4 is 15.6 Å². The highest BCUT2D eigenvalue weighted by atomic mass is 32.2. The normalized spacial score (nSPS) is 23.5. The molecule has 0 bridgehead atoms. The predicted octanol–water partition coefficient (Wildman–Crippen LogP) is 1.12. The van der Waals surface area contributed by atoms with Gasteiger partial charge in [0.1, 0.15) is 5.69 Å². The van der Waals surface area contributed by atoms with Crippen LogP contribution in [-0.4, -0.2) is 35.4 Å². The molecule has 1 aliphatic heterocycles. The smallest absolute Gasteiger partial charge is 0.179 e. The van der Waals surface area contributed by atoms with Crippen molar-refractivity contribution in [2.45, 2.75) is 37.9 Å². The van der Waals surface area contributed by atoms with Gasteiger partial charge in [0.15, 0.2) is 15.6 Å². The van der Waals surface area contributed by atoms with Gasteiger partial charge in [-0.15, -0.1) is 0 Å². The number of hydrogen-bond acceptors (Lipinski definition) is 4. The molecule has 0 saturated carbocycles. The van der Waals surface area contributed by atoms with Crippen LogP contribution >= 0.6 is 0 Å². The summed E-state index contributed by atoms with van der Waals surface area (Å²) in [5, 5.41) is 6.27. The Morgan fingerprint density at radius 3 is 2.88 bits per heavy atom. The molecule has 1 fully saturated rings. The molecule has 1 atom stereocenters. The van der Waals surface area contributed by atoms with E-state index in [-0.39, 0.29) is 16.8 Å². The van der Waals surface area contributed by atoms with Crippen LogP contribution in [0.5, 0.6) is 0 Å². The van der Waals surface area contributed by atoms with E-state index in [1.165, 1.54) is 6.92 Å². The highest BCUT2D eigenvalue weighted by Crippen LogP contribution is 2.22. The second-order valence-corrected chi connectivity index (χ2v) is 6.92. The highest BCUT2D eigenvalue weighted by molar-refractivity contribution is 7.92. The number of carbonyl (C=O) groups is 1. The van der Waals surface area contributed by atoms with Crippen LogP contribution in [0.4, 0.5) is 0 Å². The first-order valence-electron chi connectivity index (χ1n) is 5.76. The molecule has 1 saturated heterocycles. The van der Waals surface area contributed by atoms with Crippen molar-refractivity contribution < 1.29 is 13.2 Å². The second-order valence-electron chi connectivity index (χ2n) is 4.52. The molecule has 1 aromatic heterocycles. The van der Waals surface area contributed by atoms with E-state index in [1.54, 1.807) is 6.07 Å². The number of nitrogens with one attached hydrogen (secondary N) is 1. The number of H-pyrrole nitrogens is 1. The molecule has 1 unspecified atom stereocenters. The van der Waals surface area contributed by atoms with Crippen molar-refractivity contribution in [3.05, 3.63) is 17.5 Å². The summed E-state index contributed by atoms with van der Waals surface area (Å²) in [5.41, 5.74) is 1.10. The Bertz CT molecular complexity index is 519. The first-order chi connectivity index (χ1) is 7.99. The maximum Gasteiger partial charge on any atom is 0.179 e. The van der Waals surface area contributed by atoms with Gasteiger partial charge in [0.25, 0.3) is 0 Å². The molecule has 0 amide bonds.